The van der Waals surface area contributed by atoms with E-state index in [0.29, 0.717) is 0 Å². The van der Waals surface area contributed by atoms with Crippen LogP contribution in [-0.2, 0) is 4.74 Å². The normalized spacial score (nSPS) is 11.4. The van der Waals surface area contributed by atoms with E-state index in [9.17, 15) is 18.0 Å². The molecule has 1 rings (SSSR count). The lowest BCUT2D eigenvalue weighted by atomic mass is 10.1. The van der Waals surface area contributed by atoms with Crippen molar-refractivity contribution in [2.24, 2.45) is 0 Å². The Hall–Kier alpha value is -1.27. The Morgan fingerprint density at radius 3 is 2.59 bits per heavy atom. The molecule has 0 spiro atoms. The first-order valence-corrected chi connectivity index (χ1v) is 4.77. The molecular weight excluding hydrogens is 261 g/mol. The highest BCUT2D eigenvalue weighted by Crippen LogP contribution is 2.29. The third-order valence-corrected chi connectivity index (χ3v) is 2.01. The predicted octanol–water partition coefficient (Wildman–Crippen LogP) is 3.07. The van der Waals surface area contributed by atoms with Crippen LogP contribution in [-0.4, -0.2) is 25.9 Å². The summed E-state index contributed by atoms with van der Waals surface area (Å²) in [4.78, 5) is 11.1. The van der Waals surface area contributed by atoms with Crippen molar-refractivity contribution in [2.75, 3.05) is 13.9 Å². The Balaban J connectivity index is 3.10. The summed E-state index contributed by atoms with van der Waals surface area (Å²) in [6, 6.07) is 3.27. The Labute approximate surface area is 100 Å². The summed E-state index contributed by atoms with van der Waals surface area (Å²) < 4.78 is 46.2. The van der Waals surface area contributed by atoms with Crippen molar-refractivity contribution in [3.05, 3.63) is 28.8 Å². The molecule has 0 aliphatic carbocycles. The van der Waals surface area contributed by atoms with Crippen LogP contribution in [0.2, 0.25) is 5.02 Å². The number of halogens is 4. The van der Waals surface area contributed by atoms with Crippen LogP contribution in [0.25, 0.3) is 0 Å². The van der Waals surface area contributed by atoms with Crippen molar-refractivity contribution in [1.82, 2.24) is 0 Å². The third kappa shape index (κ3) is 3.61. The van der Waals surface area contributed by atoms with Crippen LogP contribution >= 0.6 is 11.6 Å². The van der Waals surface area contributed by atoms with Gasteiger partial charge in [-0.25, -0.2) is 0 Å². The molecule has 17 heavy (non-hydrogen) atoms. The largest absolute Gasteiger partial charge is 0.467 e. The fourth-order valence-corrected chi connectivity index (χ4v) is 1.24. The Bertz CT molecular complexity index is 418. The van der Waals surface area contributed by atoms with Crippen LogP contribution in [0.1, 0.15) is 10.4 Å². The van der Waals surface area contributed by atoms with E-state index in [0.717, 1.165) is 12.1 Å². The summed E-state index contributed by atoms with van der Waals surface area (Å²) in [7, 11) is 1.30. The van der Waals surface area contributed by atoms with Crippen LogP contribution in [0.4, 0.5) is 13.2 Å². The number of benzene rings is 1. The number of methoxy groups -OCH3 is 1. The molecular formula is C10H8ClF3O3. The number of hydrogen-bond acceptors (Lipinski definition) is 3. The number of carbonyl (C=O) groups excluding carboxylic acids is 1. The molecule has 0 unspecified atom stereocenters. The SMILES string of the molecule is COCOc1cc(Cl)ccc1C(=O)C(F)(F)F. The average Bonchev–Trinajstić information content (AvgIpc) is 2.24. The van der Waals surface area contributed by atoms with Gasteiger partial charge in [0, 0.05) is 12.1 Å². The van der Waals surface area contributed by atoms with Gasteiger partial charge in [-0.05, 0) is 18.2 Å². The van der Waals surface area contributed by atoms with E-state index < -0.39 is 17.5 Å². The minimum atomic E-state index is -4.96. The third-order valence-electron chi connectivity index (χ3n) is 1.78. The van der Waals surface area contributed by atoms with Gasteiger partial charge in [-0.15, -0.1) is 0 Å². The maximum absolute atomic E-state index is 12.3. The van der Waals surface area contributed by atoms with Gasteiger partial charge >= 0.3 is 6.18 Å². The molecule has 0 aliphatic rings. The van der Waals surface area contributed by atoms with Crippen molar-refractivity contribution in [3.63, 3.8) is 0 Å². The zero-order chi connectivity index (χ0) is 13.1. The lowest BCUT2D eigenvalue weighted by Gasteiger charge is -2.11. The summed E-state index contributed by atoms with van der Waals surface area (Å²) >= 11 is 5.60. The van der Waals surface area contributed by atoms with Gasteiger partial charge in [0.2, 0.25) is 0 Å². The first-order chi connectivity index (χ1) is 7.86. The second-order valence-electron chi connectivity index (χ2n) is 3.02. The maximum Gasteiger partial charge on any atom is 0.455 e. The molecule has 7 heteroatoms. The fourth-order valence-electron chi connectivity index (χ4n) is 1.08. The number of hydrogen-bond donors (Lipinski definition) is 0. The van der Waals surface area contributed by atoms with E-state index in [2.05, 4.69) is 4.74 Å². The molecule has 1 aromatic rings. The van der Waals surface area contributed by atoms with E-state index in [1.807, 2.05) is 0 Å². The average molecular weight is 269 g/mol. The van der Waals surface area contributed by atoms with Crippen LogP contribution in [0.15, 0.2) is 18.2 Å². The maximum atomic E-state index is 12.3. The number of Topliss-reactive ketones (excluding diaryl/α,β-unsaturated/α-hetero) is 1. The van der Waals surface area contributed by atoms with Crippen molar-refractivity contribution >= 4 is 17.4 Å². The van der Waals surface area contributed by atoms with Crippen molar-refractivity contribution in [1.29, 1.82) is 0 Å². The number of ketones is 1. The molecule has 0 heterocycles. The van der Waals surface area contributed by atoms with E-state index in [1.54, 1.807) is 0 Å². The molecule has 0 atom stereocenters. The van der Waals surface area contributed by atoms with Gasteiger partial charge in [0.1, 0.15) is 5.75 Å². The standard InChI is InChI=1S/C10H8ClF3O3/c1-16-5-17-8-4-6(11)2-3-7(8)9(15)10(12,13)14/h2-4H,5H2,1H3. The van der Waals surface area contributed by atoms with Crippen LogP contribution in [0.5, 0.6) is 5.75 Å². The summed E-state index contributed by atoms with van der Waals surface area (Å²) in [5.41, 5.74) is -0.598. The molecule has 0 radical (unpaired) electrons. The smallest absolute Gasteiger partial charge is 0.455 e. The Morgan fingerprint density at radius 2 is 2.06 bits per heavy atom. The van der Waals surface area contributed by atoms with Crippen LogP contribution in [0, 0.1) is 0 Å². The van der Waals surface area contributed by atoms with Gasteiger partial charge in [0.05, 0.1) is 5.56 Å². The summed E-state index contributed by atoms with van der Waals surface area (Å²) in [6.45, 7) is -0.279. The zero-order valence-corrected chi connectivity index (χ0v) is 9.43. The molecule has 0 saturated carbocycles. The lowest BCUT2D eigenvalue weighted by Crippen LogP contribution is -2.23. The molecule has 0 amide bonds. The highest BCUT2D eigenvalue weighted by atomic mass is 35.5. The number of rotatable bonds is 4. The number of ether oxygens (including phenoxy) is 2. The predicted molar refractivity (Wildman–Crippen MR) is 54.3 cm³/mol. The summed E-state index contributed by atoms with van der Waals surface area (Å²) in [5, 5.41) is 0.162. The highest BCUT2D eigenvalue weighted by molar-refractivity contribution is 6.30. The second kappa shape index (κ2) is 5.37. The molecule has 0 saturated heterocycles. The van der Waals surface area contributed by atoms with Crippen molar-refractivity contribution in [3.8, 4) is 5.75 Å². The molecule has 1 aromatic carbocycles. The van der Waals surface area contributed by atoms with Crippen molar-refractivity contribution < 1.29 is 27.4 Å². The summed E-state index contributed by atoms with van der Waals surface area (Å²) in [5.74, 6) is -2.25. The van der Waals surface area contributed by atoms with Crippen LogP contribution in [0.3, 0.4) is 0 Å². The minimum Gasteiger partial charge on any atom is -0.467 e. The van der Waals surface area contributed by atoms with E-state index in [-0.39, 0.29) is 17.6 Å². The van der Waals surface area contributed by atoms with Gasteiger partial charge in [0.15, 0.2) is 6.79 Å². The van der Waals surface area contributed by atoms with Gasteiger partial charge < -0.3 is 9.47 Å². The van der Waals surface area contributed by atoms with E-state index >= 15 is 0 Å². The summed E-state index contributed by atoms with van der Waals surface area (Å²) in [6.07, 6.45) is -4.96. The van der Waals surface area contributed by atoms with E-state index in [4.69, 9.17) is 16.3 Å². The van der Waals surface area contributed by atoms with E-state index in [1.165, 1.54) is 13.2 Å². The Morgan fingerprint density at radius 1 is 1.41 bits per heavy atom. The van der Waals surface area contributed by atoms with Crippen LogP contribution < -0.4 is 4.74 Å². The molecule has 0 fully saturated rings. The first-order valence-electron chi connectivity index (χ1n) is 4.39. The second-order valence-corrected chi connectivity index (χ2v) is 3.45. The quantitative estimate of drug-likeness (QED) is 0.622. The Kier molecular flexibility index (Phi) is 4.36. The van der Waals surface area contributed by atoms with Gasteiger partial charge in [-0.3, -0.25) is 4.79 Å². The molecule has 0 N–H and O–H groups in total. The molecule has 94 valence electrons. The first kappa shape index (κ1) is 13.8. The molecule has 3 nitrogen and oxygen atoms in total. The minimum absolute atomic E-state index is 0.162. The molecule has 0 bridgehead atoms. The van der Waals surface area contributed by atoms with Gasteiger partial charge in [-0.2, -0.15) is 13.2 Å². The number of alkyl halides is 3. The zero-order valence-electron chi connectivity index (χ0n) is 8.68. The topological polar surface area (TPSA) is 35.5 Å². The van der Waals surface area contributed by atoms with Gasteiger partial charge in [-0.1, -0.05) is 11.6 Å². The monoisotopic (exact) mass is 268 g/mol. The molecule has 0 aliphatic heterocycles. The lowest BCUT2D eigenvalue weighted by molar-refractivity contribution is -0.0888. The van der Waals surface area contributed by atoms with Crippen molar-refractivity contribution in [2.45, 2.75) is 6.18 Å². The van der Waals surface area contributed by atoms with Gasteiger partial charge in [0.25, 0.3) is 5.78 Å². The highest BCUT2D eigenvalue weighted by Gasteiger charge is 2.40. The fraction of sp³-hybridized carbons (Fsp3) is 0.300. The molecule has 0 aromatic heterocycles. The number of carbonyl (C=O) groups is 1.